The molecule has 1 aromatic carbocycles. The van der Waals surface area contributed by atoms with Gasteiger partial charge in [0.25, 0.3) is 0 Å². The first kappa shape index (κ1) is 11.9. The van der Waals surface area contributed by atoms with Crippen LogP contribution in [0.5, 0.6) is 0 Å². The summed E-state index contributed by atoms with van der Waals surface area (Å²) in [5.74, 6) is -3.94. The molecule has 0 fully saturated rings. The van der Waals surface area contributed by atoms with Gasteiger partial charge in [-0.2, -0.15) is 0 Å². The molecule has 84 valence electrons. The monoisotopic (exact) mass is 225 g/mol. The van der Waals surface area contributed by atoms with Gasteiger partial charge in [-0.1, -0.05) is 0 Å². The number of nitrogens with two attached hydrogens (primary N) is 1. The third-order valence-electron chi connectivity index (χ3n) is 1.88. The lowest BCUT2D eigenvalue weighted by Crippen LogP contribution is -2.18. The molecule has 15 heavy (non-hydrogen) atoms. The standard InChI is InChI=1S/C9H8F5N/c10-4-1-2-5(11)9(14)8(4)6(15)3-7(12)13/h1-2,6-7H,3,15H2/t6-/m1/s1. The highest BCUT2D eigenvalue weighted by atomic mass is 19.3. The molecule has 6 heteroatoms. The summed E-state index contributed by atoms with van der Waals surface area (Å²) in [4.78, 5) is 0. The zero-order valence-electron chi connectivity index (χ0n) is 7.48. The van der Waals surface area contributed by atoms with Gasteiger partial charge in [0.1, 0.15) is 5.82 Å². The Kier molecular flexibility index (Phi) is 3.62. The number of hydrogen-bond acceptors (Lipinski definition) is 1. The van der Waals surface area contributed by atoms with Crippen LogP contribution in [0.2, 0.25) is 0 Å². The summed E-state index contributed by atoms with van der Waals surface area (Å²) in [6.45, 7) is 0. The second kappa shape index (κ2) is 4.57. The molecular formula is C9H8F5N. The highest BCUT2D eigenvalue weighted by Crippen LogP contribution is 2.25. The van der Waals surface area contributed by atoms with Crippen LogP contribution in [-0.4, -0.2) is 6.43 Å². The maximum absolute atomic E-state index is 13.0. The van der Waals surface area contributed by atoms with Crippen molar-refractivity contribution in [2.24, 2.45) is 5.73 Å². The smallest absolute Gasteiger partial charge is 0.240 e. The largest absolute Gasteiger partial charge is 0.324 e. The van der Waals surface area contributed by atoms with Crippen molar-refractivity contribution in [2.75, 3.05) is 0 Å². The fraction of sp³-hybridized carbons (Fsp3) is 0.333. The molecule has 1 aromatic rings. The summed E-state index contributed by atoms with van der Waals surface area (Å²) in [6, 6.07) is -0.330. The molecule has 0 unspecified atom stereocenters. The van der Waals surface area contributed by atoms with Crippen LogP contribution < -0.4 is 5.73 Å². The van der Waals surface area contributed by atoms with E-state index in [0.29, 0.717) is 12.1 Å². The Bertz CT molecular complexity index is 353. The molecule has 0 aliphatic heterocycles. The van der Waals surface area contributed by atoms with Crippen molar-refractivity contribution in [1.82, 2.24) is 0 Å². The zero-order valence-corrected chi connectivity index (χ0v) is 7.48. The topological polar surface area (TPSA) is 26.0 Å². The lowest BCUT2D eigenvalue weighted by atomic mass is 10.0. The van der Waals surface area contributed by atoms with E-state index in [4.69, 9.17) is 5.73 Å². The number of benzene rings is 1. The van der Waals surface area contributed by atoms with Gasteiger partial charge in [-0.25, -0.2) is 22.0 Å². The molecule has 1 nitrogen and oxygen atoms in total. The van der Waals surface area contributed by atoms with Gasteiger partial charge in [0.05, 0.1) is 0 Å². The van der Waals surface area contributed by atoms with E-state index < -0.39 is 41.9 Å². The Morgan fingerprint density at radius 2 is 1.60 bits per heavy atom. The SMILES string of the molecule is N[C@H](CC(F)F)c1c(F)ccc(F)c1F. The van der Waals surface area contributed by atoms with E-state index in [-0.39, 0.29) is 0 Å². The molecule has 0 spiro atoms. The van der Waals surface area contributed by atoms with Gasteiger partial charge in [0.2, 0.25) is 6.43 Å². The first-order chi connectivity index (χ1) is 6.93. The van der Waals surface area contributed by atoms with E-state index >= 15 is 0 Å². The number of alkyl halides is 2. The average Bonchev–Trinajstić information content (AvgIpc) is 2.11. The van der Waals surface area contributed by atoms with Crippen molar-refractivity contribution in [3.05, 3.63) is 35.1 Å². The predicted octanol–water partition coefficient (Wildman–Crippen LogP) is 2.76. The molecule has 0 aliphatic carbocycles. The fourth-order valence-corrected chi connectivity index (χ4v) is 1.19. The Labute approximate surface area is 82.7 Å². The molecule has 1 rings (SSSR count). The summed E-state index contributed by atoms with van der Waals surface area (Å²) in [5, 5.41) is 0. The van der Waals surface area contributed by atoms with Crippen LogP contribution in [0.4, 0.5) is 22.0 Å². The van der Waals surface area contributed by atoms with E-state index in [1.807, 2.05) is 0 Å². The van der Waals surface area contributed by atoms with Gasteiger partial charge in [0, 0.05) is 18.0 Å². The molecule has 0 aliphatic rings. The van der Waals surface area contributed by atoms with Crippen LogP contribution in [0.3, 0.4) is 0 Å². The minimum absolute atomic E-state index is 0.573. The average molecular weight is 225 g/mol. The Morgan fingerprint density at radius 3 is 2.13 bits per heavy atom. The van der Waals surface area contributed by atoms with Gasteiger partial charge in [-0.05, 0) is 12.1 Å². The van der Waals surface area contributed by atoms with Crippen LogP contribution >= 0.6 is 0 Å². The summed E-state index contributed by atoms with van der Waals surface area (Å²) in [7, 11) is 0. The van der Waals surface area contributed by atoms with Crippen molar-refractivity contribution < 1.29 is 22.0 Å². The minimum Gasteiger partial charge on any atom is -0.324 e. The van der Waals surface area contributed by atoms with Crippen LogP contribution in [0.1, 0.15) is 18.0 Å². The van der Waals surface area contributed by atoms with Gasteiger partial charge < -0.3 is 5.73 Å². The van der Waals surface area contributed by atoms with E-state index in [9.17, 15) is 22.0 Å². The predicted molar refractivity (Wildman–Crippen MR) is 43.9 cm³/mol. The highest BCUT2D eigenvalue weighted by Gasteiger charge is 2.22. The summed E-state index contributed by atoms with van der Waals surface area (Å²) < 4.78 is 62.5. The molecule has 0 saturated heterocycles. The maximum Gasteiger partial charge on any atom is 0.240 e. The van der Waals surface area contributed by atoms with E-state index in [1.54, 1.807) is 0 Å². The first-order valence-corrected chi connectivity index (χ1v) is 4.10. The molecular weight excluding hydrogens is 217 g/mol. The second-order valence-corrected chi connectivity index (χ2v) is 2.99. The Balaban J connectivity index is 3.07. The van der Waals surface area contributed by atoms with Crippen molar-refractivity contribution in [2.45, 2.75) is 18.9 Å². The second-order valence-electron chi connectivity index (χ2n) is 2.99. The molecule has 2 N–H and O–H groups in total. The van der Waals surface area contributed by atoms with E-state index in [2.05, 4.69) is 0 Å². The number of rotatable bonds is 3. The van der Waals surface area contributed by atoms with Crippen molar-refractivity contribution in [1.29, 1.82) is 0 Å². The molecule has 0 amide bonds. The van der Waals surface area contributed by atoms with E-state index in [0.717, 1.165) is 0 Å². The van der Waals surface area contributed by atoms with Crippen molar-refractivity contribution >= 4 is 0 Å². The molecule has 0 radical (unpaired) electrons. The van der Waals surface area contributed by atoms with E-state index in [1.165, 1.54) is 0 Å². The van der Waals surface area contributed by atoms with Crippen molar-refractivity contribution in [3.63, 3.8) is 0 Å². The first-order valence-electron chi connectivity index (χ1n) is 4.10. The number of halogens is 5. The van der Waals surface area contributed by atoms with Crippen LogP contribution in [-0.2, 0) is 0 Å². The quantitative estimate of drug-likeness (QED) is 0.621. The molecule has 0 heterocycles. The van der Waals surface area contributed by atoms with Gasteiger partial charge >= 0.3 is 0 Å². The summed E-state index contributed by atoms with van der Waals surface area (Å²) in [6.07, 6.45) is -3.72. The van der Waals surface area contributed by atoms with Crippen LogP contribution in [0, 0.1) is 17.5 Å². The normalized spacial score (nSPS) is 13.3. The molecule has 1 atom stereocenters. The molecule has 0 bridgehead atoms. The van der Waals surface area contributed by atoms with Crippen LogP contribution in [0.25, 0.3) is 0 Å². The summed E-state index contributed by atoms with van der Waals surface area (Å²) >= 11 is 0. The fourth-order valence-electron chi connectivity index (χ4n) is 1.19. The minimum atomic E-state index is -2.80. The highest BCUT2D eigenvalue weighted by molar-refractivity contribution is 5.24. The van der Waals surface area contributed by atoms with Gasteiger partial charge in [-0.3, -0.25) is 0 Å². The molecule has 0 saturated carbocycles. The van der Waals surface area contributed by atoms with Crippen LogP contribution in [0.15, 0.2) is 12.1 Å². The van der Waals surface area contributed by atoms with Gasteiger partial charge in [-0.15, -0.1) is 0 Å². The molecule has 0 aromatic heterocycles. The number of hydrogen-bond donors (Lipinski definition) is 1. The third kappa shape index (κ3) is 2.65. The lowest BCUT2D eigenvalue weighted by Gasteiger charge is -2.13. The lowest BCUT2D eigenvalue weighted by molar-refractivity contribution is 0.127. The Morgan fingerprint density at radius 1 is 1.07 bits per heavy atom. The third-order valence-corrected chi connectivity index (χ3v) is 1.88. The Hall–Kier alpha value is -1.17. The maximum atomic E-state index is 13.0. The summed E-state index contributed by atoms with van der Waals surface area (Å²) in [5.41, 5.74) is 4.30. The zero-order chi connectivity index (χ0) is 11.6. The van der Waals surface area contributed by atoms with Crippen molar-refractivity contribution in [3.8, 4) is 0 Å². The van der Waals surface area contributed by atoms with Gasteiger partial charge in [0.15, 0.2) is 11.6 Å².